The molecule has 0 aliphatic carbocycles. The molecular formula is C58H99O11P. The van der Waals surface area contributed by atoms with Gasteiger partial charge in [0.2, 0.25) is 0 Å². The minimum absolute atomic E-state index is 0.00741. The minimum Gasteiger partial charge on any atom is -0.461 e. The number of allylic oxidation sites excluding steroid dienone is 13. The Bertz CT molecular complexity index is 1500. The number of esters is 3. The predicted octanol–water partition coefficient (Wildman–Crippen LogP) is 15.9. The molecule has 0 spiro atoms. The van der Waals surface area contributed by atoms with E-state index < -0.39 is 57.8 Å². The standard InChI is InChI=1S/C58H99O11P/c1-4-7-10-13-16-19-22-25-27-30-32-35-38-41-44-47-56(60)65-51-55(69-58(62)49-46-43-40-37-34-31-28-26-23-20-17-14-11-8-5-2)53-67-70(63,64)66-52-54(50-59)68-57(61)48-45-42-39-36-33-29-24-21-18-15-12-9-6-3/h7,10,12,15-16,19,21,24-25,27,32,35,41,44,54-55,59H,4-6,8-9,11,13-14,17-18,20,22-23,26,28-31,33-34,36-40,42-43,45-53H2,1-3H3,(H,63,64)/b10-7-,15-12-,19-16-,24-21-,27-25-,35-32-,44-41-. The largest absolute Gasteiger partial charge is 0.472 e. The summed E-state index contributed by atoms with van der Waals surface area (Å²) in [6, 6.07) is 0. The first kappa shape index (κ1) is 66.7. The van der Waals surface area contributed by atoms with Gasteiger partial charge in [0.15, 0.2) is 6.10 Å². The topological polar surface area (TPSA) is 155 Å². The van der Waals surface area contributed by atoms with Crippen LogP contribution in [0.25, 0.3) is 0 Å². The first-order valence-electron chi connectivity index (χ1n) is 27.5. The molecule has 0 rings (SSSR count). The zero-order valence-corrected chi connectivity index (χ0v) is 45.1. The Balaban J connectivity index is 4.84. The van der Waals surface area contributed by atoms with Crippen LogP contribution in [0.15, 0.2) is 85.1 Å². The highest BCUT2D eigenvalue weighted by Gasteiger charge is 2.28. The number of ether oxygens (including phenoxy) is 3. The summed E-state index contributed by atoms with van der Waals surface area (Å²) in [5, 5.41) is 9.78. The fraction of sp³-hybridized carbons (Fsp3) is 0.707. The van der Waals surface area contributed by atoms with Gasteiger partial charge in [-0.3, -0.25) is 23.4 Å². The molecule has 11 nitrogen and oxygen atoms in total. The number of aliphatic hydroxyl groups is 1. The Morgan fingerprint density at radius 1 is 0.429 bits per heavy atom. The SMILES string of the molecule is CC/C=C\C/C=C\C/C=C\C/C=C\C/C=C\CC(=O)OCC(COP(=O)(O)OCC(CO)OC(=O)CCCCCCC/C=C\C/C=C\CCC)OC(=O)CCCCCCCCCCCCCCCCC. The molecule has 0 heterocycles. The van der Waals surface area contributed by atoms with Gasteiger partial charge in [0.05, 0.1) is 26.2 Å². The van der Waals surface area contributed by atoms with Gasteiger partial charge in [0, 0.05) is 12.8 Å². The number of carbonyl (C=O) groups excluding carboxylic acids is 3. The van der Waals surface area contributed by atoms with E-state index in [4.69, 9.17) is 23.3 Å². The third-order valence-electron chi connectivity index (χ3n) is 11.3. The summed E-state index contributed by atoms with van der Waals surface area (Å²) in [4.78, 5) is 48.4. The highest BCUT2D eigenvalue weighted by molar-refractivity contribution is 7.47. The molecule has 0 aliphatic heterocycles. The third kappa shape index (κ3) is 49.6. The Morgan fingerprint density at radius 3 is 1.27 bits per heavy atom. The molecule has 12 heteroatoms. The lowest BCUT2D eigenvalue weighted by Gasteiger charge is -2.21. The predicted molar refractivity (Wildman–Crippen MR) is 288 cm³/mol. The van der Waals surface area contributed by atoms with Crippen molar-refractivity contribution in [1.29, 1.82) is 0 Å². The lowest BCUT2D eigenvalue weighted by molar-refractivity contribution is -0.161. The van der Waals surface area contributed by atoms with Crippen LogP contribution in [0.3, 0.4) is 0 Å². The van der Waals surface area contributed by atoms with E-state index in [-0.39, 0.29) is 25.9 Å². The second-order valence-corrected chi connectivity index (χ2v) is 19.5. The average molecular weight is 1000 g/mol. The molecule has 0 saturated carbocycles. The minimum atomic E-state index is -4.77. The number of aliphatic hydroxyl groups excluding tert-OH is 1. The quantitative estimate of drug-likeness (QED) is 0.0197. The summed E-state index contributed by atoms with van der Waals surface area (Å²) >= 11 is 0. The van der Waals surface area contributed by atoms with Crippen molar-refractivity contribution in [3.05, 3.63) is 85.1 Å². The van der Waals surface area contributed by atoms with Crippen molar-refractivity contribution < 1.29 is 52.2 Å². The van der Waals surface area contributed by atoms with Crippen LogP contribution in [0.2, 0.25) is 0 Å². The van der Waals surface area contributed by atoms with Crippen molar-refractivity contribution in [3.8, 4) is 0 Å². The van der Waals surface area contributed by atoms with Crippen molar-refractivity contribution in [3.63, 3.8) is 0 Å². The Hall–Kier alpha value is -3.34. The molecule has 0 amide bonds. The van der Waals surface area contributed by atoms with Gasteiger partial charge in [-0.25, -0.2) is 4.57 Å². The van der Waals surface area contributed by atoms with E-state index in [1.165, 1.54) is 70.6 Å². The first-order chi connectivity index (χ1) is 34.2. The molecule has 3 atom stereocenters. The first-order valence-corrected chi connectivity index (χ1v) is 29.0. The van der Waals surface area contributed by atoms with Crippen LogP contribution in [-0.4, -0.2) is 66.5 Å². The summed E-state index contributed by atoms with van der Waals surface area (Å²) in [6.45, 7) is 4.34. The molecule has 0 aliphatic rings. The molecule has 0 saturated heterocycles. The summed E-state index contributed by atoms with van der Waals surface area (Å²) in [7, 11) is -4.77. The molecule has 70 heavy (non-hydrogen) atoms. The maximum atomic E-state index is 12.9. The molecule has 0 fully saturated rings. The van der Waals surface area contributed by atoms with Crippen LogP contribution in [0, 0.1) is 0 Å². The highest BCUT2D eigenvalue weighted by Crippen LogP contribution is 2.43. The van der Waals surface area contributed by atoms with E-state index >= 15 is 0 Å². The zero-order chi connectivity index (χ0) is 51.3. The molecule has 3 unspecified atom stereocenters. The van der Waals surface area contributed by atoms with Crippen molar-refractivity contribution in [2.45, 2.75) is 238 Å². The summed E-state index contributed by atoms with van der Waals surface area (Å²) in [5.74, 6) is -1.63. The summed E-state index contributed by atoms with van der Waals surface area (Å²) in [6.07, 6.45) is 58.6. The number of rotatable bonds is 50. The highest BCUT2D eigenvalue weighted by atomic mass is 31.2. The summed E-state index contributed by atoms with van der Waals surface area (Å²) in [5.41, 5.74) is 0. The van der Waals surface area contributed by atoms with Crippen LogP contribution >= 0.6 is 7.82 Å². The normalized spacial score (nSPS) is 14.1. The van der Waals surface area contributed by atoms with Crippen molar-refractivity contribution in [2.75, 3.05) is 26.4 Å². The van der Waals surface area contributed by atoms with Gasteiger partial charge in [-0.1, -0.05) is 221 Å². The van der Waals surface area contributed by atoms with Gasteiger partial charge in [-0.2, -0.15) is 0 Å². The van der Waals surface area contributed by atoms with E-state index in [1.807, 2.05) is 12.2 Å². The van der Waals surface area contributed by atoms with E-state index in [0.29, 0.717) is 19.3 Å². The summed E-state index contributed by atoms with van der Waals surface area (Å²) < 4.78 is 39.3. The smallest absolute Gasteiger partial charge is 0.461 e. The van der Waals surface area contributed by atoms with Crippen molar-refractivity contribution >= 4 is 25.7 Å². The van der Waals surface area contributed by atoms with Gasteiger partial charge in [0.25, 0.3) is 0 Å². The second kappa shape index (κ2) is 52.0. The molecule has 2 N–H and O–H groups in total. The van der Waals surface area contributed by atoms with E-state index in [9.17, 15) is 28.9 Å². The van der Waals surface area contributed by atoms with Crippen molar-refractivity contribution in [2.24, 2.45) is 0 Å². The molecule has 0 radical (unpaired) electrons. The van der Waals surface area contributed by atoms with E-state index in [0.717, 1.165) is 96.3 Å². The van der Waals surface area contributed by atoms with Crippen LogP contribution in [0.4, 0.5) is 0 Å². The van der Waals surface area contributed by atoms with Crippen molar-refractivity contribution in [1.82, 2.24) is 0 Å². The van der Waals surface area contributed by atoms with Crippen LogP contribution in [0.5, 0.6) is 0 Å². The number of hydrogen-bond donors (Lipinski definition) is 2. The van der Waals surface area contributed by atoms with E-state index in [1.54, 1.807) is 6.08 Å². The number of phosphoric ester groups is 1. The lowest BCUT2D eigenvalue weighted by atomic mass is 10.0. The Morgan fingerprint density at radius 2 is 0.814 bits per heavy atom. The van der Waals surface area contributed by atoms with Crippen LogP contribution < -0.4 is 0 Å². The van der Waals surface area contributed by atoms with E-state index in [2.05, 4.69) is 87.6 Å². The maximum Gasteiger partial charge on any atom is 0.472 e. The number of carbonyl (C=O) groups is 3. The fourth-order valence-electron chi connectivity index (χ4n) is 7.17. The second-order valence-electron chi connectivity index (χ2n) is 18.0. The van der Waals surface area contributed by atoms with Gasteiger partial charge in [-0.05, 0) is 70.6 Å². The van der Waals surface area contributed by atoms with Gasteiger partial charge in [-0.15, -0.1) is 0 Å². The Labute approximate surface area is 426 Å². The number of phosphoric acid groups is 1. The molecule has 0 bridgehead atoms. The third-order valence-corrected chi connectivity index (χ3v) is 12.3. The molecular weight excluding hydrogens is 904 g/mol. The van der Waals surface area contributed by atoms with Crippen LogP contribution in [-0.2, 0) is 42.2 Å². The number of unbranched alkanes of at least 4 members (excludes halogenated alkanes) is 20. The molecule has 0 aromatic carbocycles. The average Bonchev–Trinajstić information content (AvgIpc) is 3.35. The van der Waals surface area contributed by atoms with Gasteiger partial charge >= 0.3 is 25.7 Å². The van der Waals surface area contributed by atoms with Gasteiger partial charge in [0.1, 0.15) is 12.7 Å². The van der Waals surface area contributed by atoms with Gasteiger partial charge < -0.3 is 24.2 Å². The maximum absolute atomic E-state index is 12.9. The lowest BCUT2D eigenvalue weighted by Crippen LogP contribution is -2.30. The number of hydrogen-bond acceptors (Lipinski definition) is 10. The fourth-order valence-corrected chi connectivity index (χ4v) is 7.96. The molecule has 0 aromatic heterocycles. The molecule has 0 aromatic rings. The molecule has 402 valence electrons. The zero-order valence-electron chi connectivity index (χ0n) is 44.2. The monoisotopic (exact) mass is 1000 g/mol. The Kier molecular flexibility index (Phi) is 49.5. The van der Waals surface area contributed by atoms with Crippen LogP contribution in [0.1, 0.15) is 226 Å².